The van der Waals surface area contributed by atoms with E-state index in [4.69, 9.17) is 0 Å². The lowest BCUT2D eigenvalue weighted by atomic mass is 10.1. The van der Waals surface area contributed by atoms with E-state index in [1.807, 2.05) is 66.0 Å². The number of hydrogen-bond donors (Lipinski definition) is 0. The van der Waals surface area contributed by atoms with Crippen molar-refractivity contribution in [2.24, 2.45) is 34.6 Å². The molecule has 0 fully saturated rings. The van der Waals surface area contributed by atoms with Gasteiger partial charge in [0.05, 0.1) is 37.9 Å². The van der Waals surface area contributed by atoms with E-state index in [1.54, 1.807) is 0 Å². The molecule has 29 heavy (non-hydrogen) atoms. The molecule has 2 aromatic carbocycles. The van der Waals surface area contributed by atoms with Crippen molar-refractivity contribution < 1.29 is 4.57 Å². The van der Waals surface area contributed by atoms with Crippen LogP contribution >= 0.6 is 0 Å². The van der Waals surface area contributed by atoms with Gasteiger partial charge in [-0.1, -0.05) is 5.11 Å². The van der Waals surface area contributed by atoms with Gasteiger partial charge in [-0.05, 0) is 68.8 Å². The first-order chi connectivity index (χ1) is 14.0. The van der Waals surface area contributed by atoms with Gasteiger partial charge in [-0.15, -0.1) is 0 Å². The monoisotopic (exact) mass is 390 g/mol. The number of imidazole rings is 1. The van der Waals surface area contributed by atoms with Crippen LogP contribution in [0, 0.1) is 6.92 Å². The number of aromatic nitrogens is 2. The van der Waals surface area contributed by atoms with E-state index < -0.39 is 0 Å². The molecule has 0 atom stereocenters. The van der Waals surface area contributed by atoms with Crippen LogP contribution < -0.4 is 9.47 Å². The molecule has 3 aromatic rings. The second-order valence-electron chi connectivity index (χ2n) is 6.88. The molecule has 1 heterocycles. The van der Waals surface area contributed by atoms with E-state index in [2.05, 4.69) is 58.3 Å². The Morgan fingerprint density at radius 3 is 2.03 bits per heavy atom. The standard InChI is InChI=1S/C22H28N7/c1-6-29(7-2)20-12-13-21(17(3)16-20)25-23-18-8-10-19(11-9-18)24-26-22-27(4)14-15-28(22)5/h8-16H,6-7H2,1-5H3/q+1. The number of rotatable bonds is 7. The van der Waals surface area contributed by atoms with Gasteiger partial charge in [0.15, 0.2) is 0 Å². The molecular formula is C22H28N7+. The Morgan fingerprint density at radius 1 is 0.897 bits per heavy atom. The maximum atomic E-state index is 4.41. The second kappa shape index (κ2) is 9.23. The highest BCUT2D eigenvalue weighted by molar-refractivity contribution is 5.57. The summed E-state index contributed by atoms with van der Waals surface area (Å²) < 4.78 is 3.83. The zero-order valence-corrected chi connectivity index (χ0v) is 17.7. The molecule has 1 aromatic heterocycles. The van der Waals surface area contributed by atoms with Crippen molar-refractivity contribution in [2.45, 2.75) is 20.8 Å². The lowest BCUT2D eigenvalue weighted by Crippen LogP contribution is -2.25. The molecule has 0 amide bonds. The van der Waals surface area contributed by atoms with Gasteiger partial charge in [0.2, 0.25) is 0 Å². The largest absolute Gasteiger partial charge is 0.421 e. The maximum Gasteiger partial charge on any atom is 0.421 e. The fraction of sp³-hybridized carbons (Fsp3) is 0.318. The fourth-order valence-electron chi connectivity index (χ4n) is 3.06. The smallest absolute Gasteiger partial charge is 0.372 e. The molecule has 0 saturated carbocycles. The number of nitrogens with zero attached hydrogens (tertiary/aromatic N) is 7. The number of anilines is 1. The van der Waals surface area contributed by atoms with Crippen molar-refractivity contribution >= 4 is 28.7 Å². The van der Waals surface area contributed by atoms with Crippen molar-refractivity contribution in [1.82, 2.24) is 4.57 Å². The van der Waals surface area contributed by atoms with Crippen molar-refractivity contribution in [3.05, 3.63) is 60.4 Å². The van der Waals surface area contributed by atoms with Crippen LogP contribution in [0.5, 0.6) is 0 Å². The van der Waals surface area contributed by atoms with Crippen LogP contribution in [0.15, 0.2) is 75.3 Å². The molecule has 7 heteroatoms. The van der Waals surface area contributed by atoms with Crippen LogP contribution in [-0.4, -0.2) is 17.7 Å². The van der Waals surface area contributed by atoms with Gasteiger partial charge in [-0.3, -0.25) is 0 Å². The molecule has 0 saturated heterocycles. The highest BCUT2D eigenvalue weighted by Crippen LogP contribution is 2.27. The predicted octanol–water partition coefficient (Wildman–Crippen LogP) is 5.84. The van der Waals surface area contributed by atoms with E-state index in [0.717, 1.165) is 41.7 Å². The SMILES string of the molecule is CCN(CC)c1ccc(N=Nc2ccc(N=Nc3n(C)cc[n+]3C)cc2)c(C)c1. The van der Waals surface area contributed by atoms with Crippen molar-refractivity contribution in [3.8, 4) is 0 Å². The fourth-order valence-corrected chi connectivity index (χ4v) is 3.06. The van der Waals surface area contributed by atoms with E-state index in [-0.39, 0.29) is 0 Å². The second-order valence-corrected chi connectivity index (χ2v) is 6.88. The summed E-state index contributed by atoms with van der Waals surface area (Å²) in [4.78, 5) is 2.32. The van der Waals surface area contributed by atoms with Gasteiger partial charge in [0, 0.05) is 23.9 Å². The summed E-state index contributed by atoms with van der Waals surface area (Å²) in [6, 6.07) is 13.8. The van der Waals surface area contributed by atoms with Crippen molar-refractivity contribution in [1.29, 1.82) is 0 Å². The number of azo groups is 2. The minimum atomic E-state index is 0.768. The maximum absolute atomic E-state index is 4.41. The molecule has 0 bridgehead atoms. The molecule has 0 aliphatic carbocycles. The van der Waals surface area contributed by atoms with Gasteiger partial charge >= 0.3 is 5.95 Å². The molecule has 7 nitrogen and oxygen atoms in total. The first-order valence-corrected chi connectivity index (χ1v) is 9.82. The predicted molar refractivity (Wildman–Crippen MR) is 116 cm³/mol. The third-order valence-electron chi connectivity index (χ3n) is 4.83. The highest BCUT2D eigenvalue weighted by atomic mass is 15.3. The van der Waals surface area contributed by atoms with Gasteiger partial charge < -0.3 is 4.90 Å². The van der Waals surface area contributed by atoms with E-state index in [1.165, 1.54) is 5.69 Å². The Kier molecular flexibility index (Phi) is 6.49. The normalized spacial score (nSPS) is 11.6. The van der Waals surface area contributed by atoms with Crippen LogP contribution in [0.2, 0.25) is 0 Å². The zero-order chi connectivity index (χ0) is 20.8. The Balaban J connectivity index is 1.70. The van der Waals surface area contributed by atoms with Crippen LogP contribution in [0.3, 0.4) is 0 Å². The average Bonchev–Trinajstić information content (AvgIpc) is 3.05. The number of aryl methyl sites for hydroxylation is 3. The molecule has 0 unspecified atom stereocenters. The third-order valence-corrected chi connectivity index (χ3v) is 4.83. The van der Waals surface area contributed by atoms with Gasteiger partial charge in [-0.25, -0.2) is 9.13 Å². The summed E-state index contributed by atoms with van der Waals surface area (Å²) in [5, 5.41) is 17.4. The summed E-state index contributed by atoms with van der Waals surface area (Å²) in [5.41, 5.74) is 4.75. The summed E-state index contributed by atoms with van der Waals surface area (Å²) in [5.74, 6) is 0.775. The molecule has 150 valence electrons. The molecule has 0 N–H and O–H groups in total. The van der Waals surface area contributed by atoms with Crippen molar-refractivity contribution in [2.75, 3.05) is 18.0 Å². The summed E-state index contributed by atoms with van der Waals surface area (Å²) in [6.07, 6.45) is 3.88. The summed E-state index contributed by atoms with van der Waals surface area (Å²) in [6.45, 7) is 8.37. The number of hydrogen-bond acceptors (Lipinski definition) is 5. The van der Waals surface area contributed by atoms with Crippen LogP contribution in [-0.2, 0) is 14.1 Å². The number of benzene rings is 2. The molecule has 0 aliphatic rings. The summed E-state index contributed by atoms with van der Waals surface area (Å²) >= 11 is 0. The molecular weight excluding hydrogens is 362 g/mol. The zero-order valence-electron chi connectivity index (χ0n) is 17.7. The van der Waals surface area contributed by atoms with E-state index >= 15 is 0 Å². The Hall–Kier alpha value is -3.35. The topological polar surface area (TPSA) is 61.5 Å². The van der Waals surface area contributed by atoms with E-state index in [9.17, 15) is 0 Å². The summed E-state index contributed by atoms with van der Waals surface area (Å²) in [7, 11) is 3.88. The third kappa shape index (κ3) is 4.93. The Labute approximate surface area is 172 Å². The Bertz CT molecular complexity index is 993. The molecule has 0 radical (unpaired) electrons. The average molecular weight is 391 g/mol. The quantitative estimate of drug-likeness (QED) is 0.369. The molecule has 3 rings (SSSR count). The highest BCUT2D eigenvalue weighted by Gasteiger charge is 2.10. The lowest BCUT2D eigenvalue weighted by Gasteiger charge is -2.21. The Morgan fingerprint density at radius 2 is 1.52 bits per heavy atom. The van der Waals surface area contributed by atoms with Crippen LogP contribution in [0.25, 0.3) is 0 Å². The first kappa shape index (κ1) is 20.4. The van der Waals surface area contributed by atoms with Crippen molar-refractivity contribution in [3.63, 3.8) is 0 Å². The van der Waals surface area contributed by atoms with Gasteiger partial charge in [-0.2, -0.15) is 10.2 Å². The molecule has 0 spiro atoms. The van der Waals surface area contributed by atoms with Crippen LogP contribution in [0.1, 0.15) is 19.4 Å². The first-order valence-electron chi connectivity index (χ1n) is 9.82. The molecule has 0 aliphatic heterocycles. The van der Waals surface area contributed by atoms with Gasteiger partial charge in [0.25, 0.3) is 0 Å². The van der Waals surface area contributed by atoms with E-state index in [0.29, 0.717) is 0 Å². The minimum absolute atomic E-state index is 0.768. The van der Waals surface area contributed by atoms with Crippen LogP contribution in [0.4, 0.5) is 28.7 Å². The lowest BCUT2D eigenvalue weighted by molar-refractivity contribution is -0.657. The minimum Gasteiger partial charge on any atom is -0.372 e. The van der Waals surface area contributed by atoms with Gasteiger partial charge in [0.1, 0.15) is 5.69 Å².